The fraction of sp³-hybridized carbons (Fsp3) is 0.667. The smallest absolute Gasteiger partial charge is 0.191 e. The van der Waals surface area contributed by atoms with Crippen LogP contribution in [-0.4, -0.2) is 42.3 Å². The first kappa shape index (κ1) is 14.9. The van der Waals surface area contributed by atoms with E-state index in [-0.39, 0.29) is 6.61 Å². The average Bonchev–Trinajstić information content (AvgIpc) is 2.65. The van der Waals surface area contributed by atoms with E-state index in [0.717, 1.165) is 36.2 Å². The van der Waals surface area contributed by atoms with Crippen LogP contribution in [-0.2, 0) is 6.42 Å². The normalized spacial score (nSPS) is 11.7. The van der Waals surface area contributed by atoms with Gasteiger partial charge in [0, 0.05) is 24.4 Å². The molecule has 3 N–H and O–H groups in total. The van der Waals surface area contributed by atoms with Gasteiger partial charge in [0.2, 0.25) is 0 Å². The Hall–Kier alpha value is -1.14. The number of thiazole rings is 1. The molecule has 0 unspecified atom stereocenters. The number of aliphatic hydroxyl groups excluding tert-OH is 1. The van der Waals surface area contributed by atoms with E-state index in [1.54, 1.807) is 11.3 Å². The standard InChI is InChI=1S/C12H22N4OS/c1-4-13-12(15-7-8-17)14-6-5-11-16-9(2)10(3)18-11/h17H,4-8H2,1-3H3,(H2,13,14,15). The van der Waals surface area contributed by atoms with Crippen molar-refractivity contribution in [2.45, 2.75) is 27.2 Å². The van der Waals surface area contributed by atoms with Crippen molar-refractivity contribution >= 4 is 17.3 Å². The van der Waals surface area contributed by atoms with Crippen molar-refractivity contribution in [3.63, 3.8) is 0 Å². The van der Waals surface area contributed by atoms with Crippen LogP contribution in [0.3, 0.4) is 0 Å². The molecule has 0 amide bonds. The lowest BCUT2D eigenvalue weighted by molar-refractivity contribution is 0.306. The monoisotopic (exact) mass is 270 g/mol. The SMILES string of the molecule is CCNC(=NCCO)NCCc1nc(C)c(C)s1. The predicted molar refractivity (Wildman–Crippen MR) is 76.4 cm³/mol. The number of rotatable bonds is 6. The lowest BCUT2D eigenvalue weighted by Crippen LogP contribution is -2.38. The summed E-state index contributed by atoms with van der Waals surface area (Å²) in [6.07, 6.45) is 0.892. The third kappa shape index (κ3) is 5.01. The fourth-order valence-electron chi connectivity index (χ4n) is 1.44. The molecule has 0 saturated carbocycles. The summed E-state index contributed by atoms with van der Waals surface area (Å²) >= 11 is 1.75. The molecule has 0 spiro atoms. The Morgan fingerprint density at radius 2 is 2.17 bits per heavy atom. The van der Waals surface area contributed by atoms with Crippen LogP contribution in [0.1, 0.15) is 22.5 Å². The van der Waals surface area contributed by atoms with Gasteiger partial charge in [-0.3, -0.25) is 4.99 Å². The minimum absolute atomic E-state index is 0.0709. The number of guanidine groups is 1. The second-order valence-corrected chi connectivity index (χ2v) is 5.20. The van der Waals surface area contributed by atoms with Gasteiger partial charge < -0.3 is 15.7 Å². The molecular formula is C12H22N4OS. The Balaban J connectivity index is 2.38. The van der Waals surface area contributed by atoms with E-state index < -0.39 is 0 Å². The van der Waals surface area contributed by atoms with E-state index in [2.05, 4.69) is 27.5 Å². The van der Waals surface area contributed by atoms with Gasteiger partial charge in [-0.05, 0) is 20.8 Å². The van der Waals surface area contributed by atoms with Crippen LogP contribution in [0.2, 0.25) is 0 Å². The molecule has 0 radical (unpaired) electrons. The van der Waals surface area contributed by atoms with Crippen molar-refractivity contribution in [3.8, 4) is 0 Å². The highest BCUT2D eigenvalue weighted by atomic mass is 32.1. The van der Waals surface area contributed by atoms with Gasteiger partial charge in [0.15, 0.2) is 5.96 Å². The number of hydrogen-bond donors (Lipinski definition) is 3. The Morgan fingerprint density at radius 3 is 2.72 bits per heavy atom. The average molecular weight is 270 g/mol. The zero-order chi connectivity index (χ0) is 13.4. The van der Waals surface area contributed by atoms with Gasteiger partial charge in [-0.15, -0.1) is 11.3 Å². The van der Waals surface area contributed by atoms with Gasteiger partial charge in [-0.2, -0.15) is 0 Å². The Labute approximate surface area is 112 Å². The Bertz CT molecular complexity index is 370. The largest absolute Gasteiger partial charge is 0.394 e. The third-order valence-electron chi connectivity index (χ3n) is 2.42. The van der Waals surface area contributed by atoms with E-state index in [4.69, 9.17) is 5.11 Å². The molecule has 1 aromatic rings. The summed E-state index contributed by atoms with van der Waals surface area (Å²) in [6, 6.07) is 0. The molecule has 1 rings (SSSR count). The Morgan fingerprint density at radius 1 is 1.39 bits per heavy atom. The Kier molecular flexibility index (Phi) is 6.67. The molecule has 0 fully saturated rings. The maximum atomic E-state index is 8.75. The summed E-state index contributed by atoms with van der Waals surface area (Å²) in [6.45, 7) is 8.25. The topological polar surface area (TPSA) is 69.5 Å². The van der Waals surface area contributed by atoms with E-state index >= 15 is 0 Å². The minimum Gasteiger partial charge on any atom is -0.394 e. The van der Waals surface area contributed by atoms with E-state index in [1.165, 1.54) is 4.88 Å². The van der Waals surface area contributed by atoms with Crippen molar-refractivity contribution in [1.29, 1.82) is 0 Å². The molecule has 1 heterocycles. The molecule has 18 heavy (non-hydrogen) atoms. The first-order valence-electron chi connectivity index (χ1n) is 6.23. The van der Waals surface area contributed by atoms with Gasteiger partial charge in [0.1, 0.15) is 0 Å². The molecule has 0 aliphatic heterocycles. The van der Waals surface area contributed by atoms with Gasteiger partial charge in [0.05, 0.1) is 23.9 Å². The molecule has 5 nitrogen and oxygen atoms in total. The van der Waals surface area contributed by atoms with Crippen molar-refractivity contribution in [2.75, 3.05) is 26.2 Å². The van der Waals surface area contributed by atoms with Crippen LogP contribution >= 0.6 is 11.3 Å². The summed E-state index contributed by atoms with van der Waals surface area (Å²) in [7, 11) is 0. The molecule has 0 saturated heterocycles. The van der Waals surface area contributed by atoms with E-state index in [0.29, 0.717) is 6.54 Å². The van der Waals surface area contributed by atoms with E-state index in [1.807, 2.05) is 13.8 Å². The summed E-state index contributed by atoms with van der Waals surface area (Å²) in [5, 5.41) is 16.3. The van der Waals surface area contributed by atoms with Crippen LogP contribution < -0.4 is 10.6 Å². The highest BCUT2D eigenvalue weighted by molar-refractivity contribution is 7.11. The molecular weight excluding hydrogens is 248 g/mol. The highest BCUT2D eigenvalue weighted by Gasteiger charge is 2.03. The molecule has 0 aliphatic rings. The number of aliphatic hydroxyl groups is 1. The number of aliphatic imine (C=N–C) groups is 1. The third-order valence-corrected chi connectivity index (χ3v) is 3.55. The summed E-state index contributed by atoms with van der Waals surface area (Å²) in [4.78, 5) is 9.99. The number of aryl methyl sites for hydroxylation is 2. The van der Waals surface area contributed by atoms with Crippen molar-refractivity contribution < 1.29 is 5.11 Å². The summed E-state index contributed by atoms with van der Waals surface area (Å²) < 4.78 is 0. The number of nitrogens with one attached hydrogen (secondary N) is 2. The maximum Gasteiger partial charge on any atom is 0.191 e. The molecule has 1 aromatic heterocycles. The van der Waals surface area contributed by atoms with Crippen LogP contribution in [0.5, 0.6) is 0 Å². The van der Waals surface area contributed by atoms with Gasteiger partial charge in [0.25, 0.3) is 0 Å². The summed E-state index contributed by atoms with van der Waals surface area (Å²) in [5.74, 6) is 0.747. The lowest BCUT2D eigenvalue weighted by atomic mass is 10.4. The molecule has 6 heteroatoms. The zero-order valence-corrected chi connectivity index (χ0v) is 12.1. The van der Waals surface area contributed by atoms with Crippen LogP contribution in [0.15, 0.2) is 4.99 Å². The van der Waals surface area contributed by atoms with Crippen molar-refractivity contribution in [3.05, 3.63) is 15.6 Å². The minimum atomic E-state index is 0.0709. The van der Waals surface area contributed by atoms with Crippen LogP contribution in [0, 0.1) is 13.8 Å². The van der Waals surface area contributed by atoms with Gasteiger partial charge >= 0.3 is 0 Å². The summed E-state index contributed by atoms with van der Waals surface area (Å²) in [5.41, 5.74) is 1.12. The van der Waals surface area contributed by atoms with Gasteiger partial charge in [-0.1, -0.05) is 0 Å². The van der Waals surface area contributed by atoms with Crippen molar-refractivity contribution in [1.82, 2.24) is 15.6 Å². The number of nitrogens with zero attached hydrogens (tertiary/aromatic N) is 2. The van der Waals surface area contributed by atoms with Gasteiger partial charge in [-0.25, -0.2) is 4.98 Å². The maximum absolute atomic E-state index is 8.75. The van der Waals surface area contributed by atoms with Crippen LogP contribution in [0.25, 0.3) is 0 Å². The van der Waals surface area contributed by atoms with E-state index in [9.17, 15) is 0 Å². The molecule has 0 aromatic carbocycles. The van der Waals surface area contributed by atoms with Crippen molar-refractivity contribution in [2.24, 2.45) is 4.99 Å². The predicted octanol–water partition coefficient (Wildman–Crippen LogP) is 0.850. The second kappa shape index (κ2) is 8.05. The van der Waals surface area contributed by atoms with Crippen LogP contribution in [0.4, 0.5) is 0 Å². The molecule has 0 atom stereocenters. The first-order valence-corrected chi connectivity index (χ1v) is 7.05. The fourth-order valence-corrected chi connectivity index (χ4v) is 2.37. The zero-order valence-electron chi connectivity index (χ0n) is 11.3. The highest BCUT2D eigenvalue weighted by Crippen LogP contribution is 2.16. The molecule has 0 aliphatic carbocycles. The molecule has 102 valence electrons. The first-order chi connectivity index (χ1) is 8.67. The number of hydrogen-bond acceptors (Lipinski definition) is 4. The quantitative estimate of drug-likeness (QED) is 0.529. The second-order valence-electron chi connectivity index (χ2n) is 3.91. The lowest BCUT2D eigenvalue weighted by Gasteiger charge is -2.09. The number of aromatic nitrogens is 1. The molecule has 0 bridgehead atoms.